The van der Waals surface area contributed by atoms with Crippen LogP contribution < -0.4 is 10.7 Å². The Bertz CT molecular complexity index is 352. The van der Waals surface area contributed by atoms with Crippen LogP contribution in [0.2, 0.25) is 0 Å². The summed E-state index contributed by atoms with van der Waals surface area (Å²) >= 11 is 0. The van der Waals surface area contributed by atoms with E-state index in [2.05, 4.69) is 16.9 Å². The summed E-state index contributed by atoms with van der Waals surface area (Å²) < 4.78 is 0. The Hall–Kier alpha value is -1.51. The van der Waals surface area contributed by atoms with E-state index in [1.807, 2.05) is 6.92 Å². The van der Waals surface area contributed by atoms with E-state index in [1.165, 1.54) is 0 Å². The van der Waals surface area contributed by atoms with E-state index in [0.717, 1.165) is 5.69 Å². The molecule has 0 aromatic carbocycles. The van der Waals surface area contributed by atoms with E-state index < -0.39 is 0 Å². The molecule has 0 fully saturated rings. The van der Waals surface area contributed by atoms with Gasteiger partial charge in [-0.1, -0.05) is 6.58 Å². The van der Waals surface area contributed by atoms with E-state index in [-0.39, 0.29) is 5.43 Å². The molecule has 64 valence electrons. The van der Waals surface area contributed by atoms with Gasteiger partial charge in [-0.25, -0.2) is 0 Å². The monoisotopic (exact) mass is 164 g/mol. The minimum atomic E-state index is -0.00870. The number of hydrogen-bond acceptors (Lipinski definition) is 2. The van der Waals surface area contributed by atoms with Crippen molar-refractivity contribution in [3.05, 3.63) is 40.3 Å². The first-order valence-electron chi connectivity index (χ1n) is 3.71. The Balaban J connectivity index is 3.19. The highest BCUT2D eigenvalue weighted by Gasteiger charge is 2.00. The number of H-pyrrole nitrogens is 1. The first-order valence-corrected chi connectivity index (χ1v) is 3.71. The summed E-state index contributed by atoms with van der Waals surface area (Å²) in [4.78, 5) is 14.3. The first kappa shape index (κ1) is 8.59. The molecular weight excluding hydrogens is 152 g/mol. The second-order valence-electron chi connectivity index (χ2n) is 2.62. The average Bonchev–Trinajstić information content (AvgIpc) is 2.03. The molecular formula is C9H12N2O. The fraction of sp³-hybridized carbons (Fsp3) is 0.222. The predicted octanol–water partition coefficient (Wildman–Crippen LogP) is 0.873. The second kappa shape index (κ2) is 3.26. The van der Waals surface area contributed by atoms with E-state index in [1.54, 1.807) is 19.3 Å². The summed E-state index contributed by atoms with van der Waals surface area (Å²) in [7, 11) is 1.74. The van der Waals surface area contributed by atoms with Gasteiger partial charge in [-0.05, 0) is 6.92 Å². The minimum Gasteiger partial charge on any atom is -0.388 e. The third-order valence-corrected chi connectivity index (χ3v) is 1.68. The zero-order valence-corrected chi connectivity index (χ0v) is 7.27. The number of hydrogen-bond donors (Lipinski definition) is 2. The molecule has 0 aliphatic carbocycles. The zero-order valence-electron chi connectivity index (χ0n) is 7.27. The van der Waals surface area contributed by atoms with Crippen LogP contribution in [0.4, 0.5) is 0 Å². The summed E-state index contributed by atoms with van der Waals surface area (Å²) in [6.07, 6.45) is 1.66. The molecule has 2 N–H and O–H groups in total. The summed E-state index contributed by atoms with van der Waals surface area (Å²) in [6, 6.07) is 1.55. The van der Waals surface area contributed by atoms with Gasteiger partial charge in [-0.2, -0.15) is 0 Å². The Labute approximate surface area is 71.1 Å². The molecule has 0 saturated carbocycles. The summed E-state index contributed by atoms with van der Waals surface area (Å²) in [5.74, 6) is 0. The van der Waals surface area contributed by atoms with Crippen LogP contribution in [0.15, 0.2) is 23.6 Å². The molecule has 0 atom stereocenters. The Morgan fingerprint density at radius 1 is 1.67 bits per heavy atom. The van der Waals surface area contributed by atoms with Crippen LogP contribution in [0.3, 0.4) is 0 Å². The van der Waals surface area contributed by atoms with Crippen LogP contribution in [0.1, 0.15) is 11.3 Å². The van der Waals surface area contributed by atoms with Crippen molar-refractivity contribution < 1.29 is 0 Å². The molecule has 0 aliphatic rings. The summed E-state index contributed by atoms with van der Waals surface area (Å²) in [6.45, 7) is 5.54. The van der Waals surface area contributed by atoms with Crippen molar-refractivity contribution in [2.24, 2.45) is 0 Å². The quantitative estimate of drug-likeness (QED) is 0.681. The molecule has 0 saturated heterocycles. The highest BCUT2D eigenvalue weighted by atomic mass is 16.1. The van der Waals surface area contributed by atoms with Gasteiger partial charge in [0, 0.05) is 30.7 Å². The molecule has 0 spiro atoms. The van der Waals surface area contributed by atoms with Crippen LogP contribution in [0.25, 0.3) is 5.70 Å². The van der Waals surface area contributed by atoms with E-state index >= 15 is 0 Å². The number of aromatic amines is 1. The molecule has 3 nitrogen and oxygen atoms in total. The third kappa shape index (κ3) is 1.56. The summed E-state index contributed by atoms with van der Waals surface area (Å²) in [5.41, 5.74) is 2.07. The van der Waals surface area contributed by atoms with Crippen molar-refractivity contribution in [1.82, 2.24) is 10.3 Å². The molecule has 1 aromatic heterocycles. The van der Waals surface area contributed by atoms with Crippen LogP contribution in [-0.2, 0) is 0 Å². The van der Waals surface area contributed by atoms with Gasteiger partial charge >= 0.3 is 0 Å². The fourth-order valence-corrected chi connectivity index (χ4v) is 0.944. The molecule has 1 heterocycles. The van der Waals surface area contributed by atoms with Crippen molar-refractivity contribution >= 4 is 5.70 Å². The largest absolute Gasteiger partial charge is 0.388 e. The summed E-state index contributed by atoms with van der Waals surface area (Å²) in [5, 5.41) is 2.83. The average molecular weight is 164 g/mol. The van der Waals surface area contributed by atoms with Crippen molar-refractivity contribution in [3.63, 3.8) is 0 Å². The number of aromatic nitrogens is 1. The smallest absolute Gasteiger partial charge is 0.191 e. The van der Waals surface area contributed by atoms with Gasteiger partial charge in [0.15, 0.2) is 5.43 Å². The van der Waals surface area contributed by atoms with Crippen LogP contribution in [0.5, 0.6) is 0 Å². The standard InChI is InChI=1S/C9H12N2O/c1-6-4-9(12)8(5-11-6)7(2)10-3/h4-5,10H,2H2,1,3H3,(H,11,12). The maximum Gasteiger partial charge on any atom is 0.191 e. The molecule has 3 heteroatoms. The van der Waals surface area contributed by atoms with Gasteiger partial charge in [-0.3, -0.25) is 4.79 Å². The first-order chi connectivity index (χ1) is 5.65. The normalized spacial score (nSPS) is 9.50. The molecule has 12 heavy (non-hydrogen) atoms. The lowest BCUT2D eigenvalue weighted by molar-refractivity contribution is 1.10. The van der Waals surface area contributed by atoms with Crippen molar-refractivity contribution in [3.8, 4) is 0 Å². The fourth-order valence-electron chi connectivity index (χ4n) is 0.944. The van der Waals surface area contributed by atoms with Gasteiger partial charge in [0.2, 0.25) is 0 Å². The van der Waals surface area contributed by atoms with Crippen LogP contribution in [-0.4, -0.2) is 12.0 Å². The Morgan fingerprint density at radius 3 is 2.83 bits per heavy atom. The topological polar surface area (TPSA) is 44.9 Å². The number of aryl methyl sites for hydroxylation is 1. The van der Waals surface area contributed by atoms with Crippen molar-refractivity contribution in [2.75, 3.05) is 7.05 Å². The maximum absolute atomic E-state index is 11.3. The third-order valence-electron chi connectivity index (χ3n) is 1.68. The molecule has 0 radical (unpaired) electrons. The van der Waals surface area contributed by atoms with Crippen molar-refractivity contribution in [2.45, 2.75) is 6.92 Å². The highest BCUT2D eigenvalue weighted by molar-refractivity contribution is 5.60. The molecule has 0 aliphatic heterocycles. The van der Waals surface area contributed by atoms with Crippen LogP contribution in [0, 0.1) is 6.92 Å². The number of rotatable bonds is 2. The lowest BCUT2D eigenvalue weighted by Gasteiger charge is -2.03. The Kier molecular flexibility index (Phi) is 2.33. The van der Waals surface area contributed by atoms with Gasteiger partial charge in [0.25, 0.3) is 0 Å². The lowest BCUT2D eigenvalue weighted by atomic mass is 10.2. The molecule has 1 rings (SSSR count). The van der Waals surface area contributed by atoms with Gasteiger partial charge in [0.1, 0.15) is 0 Å². The molecule has 1 aromatic rings. The molecule has 0 unspecified atom stereocenters. The molecule has 0 bridgehead atoms. The SMILES string of the molecule is C=C(NC)c1c[nH]c(C)cc1=O. The van der Waals surface area contributed by atoms with Gasteiger partial charge in [0.05, 0.1) is 5.56 Å². The Morgan fingerprint density at radius 2 is 2.33 bits per heavy atom. The number of pyridine rings is 1. The minimum absolute atomic E-state index is 0.00870. The van der Waals surface area contributed by atoms with E-state index in [0.29, 0.717) is 11.3 Å². The van der Waals surface area contributed by atoms with Gasteiger partial charge in [-0.15, -0.1) is 0 Å². The second-order valence-corrected chi connectivity index (χ2v) is 2.62. The highest BCUT2D eigenvalue weighted by Crippen LogP contribution is 2.00. The number of nitrogens with one attached hydrogen (secondary N) is 2. The molecule has 0 amide bonds. The lowest BCUT2D eigenvalue weighted by Crippen LogP contribution is -2.14. The van der Waals surface area contributed by atoms with E-state index in [4.69, 9.17) is 0 Å². The van der Waals surface area contributed by atoms with E-state index in [9.17, 15) is 4.79 Å². The zero-order chi connectivity index (χ0) is 9.14. The van der Waals surface area contributed by atoms with Gasteiger partial charge < -0.3 is 10.3 Å². The van der Waals surface area contributed by atoms with Crippen LogP contribution >= 0.6 is 0 Å². The maximum atomic E-state index is 11.3. The predicted molar refractivity (Wildman–Crippen MR) is 49.9 cm³/mol. The van der Waals surface area contributed by atoms with Crippen molar-refractivity contribution in [1.29, 1.82) is 0 Å².